The Bertz CT molecular complexity index is 1680. The molecule has 44 heavy (non-hydrogen) atoms. The Morgan fingerprint density at radius 3 is 2.50 bits per heavy atom. The number of alkyl halides is 3. The summed E-state index contributed by atoms with van der Waals surface area (Å²) >= 11 is 0. The number of benzene rings is 2. The third kappa shape index (κ3) is 6.98. The van der Waals surface area contributed by atoms with E-state index < -0.39 is 16.4 Å². The van der Waals surface area contributed by atoms with Gasteiger partial charge in [-0.25, -0.2) is 13.4 Å². The van der Waals surface area contributed by atoms with Gasteiger partial charge in [0.2, 0.25) is 16.0 Å². The fraction of sp³-hybridized carbons (Fsp3) is 0.400. The minimum atomic E-state index is -4.80. The van der Waals surface area contributed by atoms with Gasteiger partial charge in [-0.05, 0) is 100 Å². The molecule has 2 aromatic heterocycles. The van der Waals surface area contributed by atoms with Crippen molar-refractivity contribution in [3.05, 3.63) is 67.0 Å². The number of hydrogen-bond donors (Lipinski definition) is 2. The van der Waals surface area contributed by atoms with Crippen molar-refractivity contribution in [3.8, 4) is 11.6 Å². The van der Waals surface area contributed by atoms with E-state index >= 15 is 0 Å². The molecule has 2 aromatic carbocycles. The number of nitrogens with one attached hydrogen (secondary N) is 2. The van der Waals surface area contributed by atoms with E-state index in [0.717, 1.165) is 58.4 Å². The summed E-state index contributed by atoms with van der Waals surface area (Å²) in [6, 6.07) is 14.0. The molecule has 4 heterocycles. The van der Waals surface area contributed by atoms with Crippen LogP contribution in [0.25, 0.3) is 16.7 Å². The Morgan fingerprint density at radius 2 is 1.77 bits per heavy atom. The predicted octanol–water partition coefficient (Wildman–Crippen LogP) is 4.90. The Kier molecular flexibility index (Phi) is 8.76. The maximum absolute atomic E-state index is 13.9. The van der Waals surface area contributed by atoms with Crippen LogP contribution >= 0.6 is 0 Å². The van der Waals surface area contributed by atoms with Crippen molar-refractivity contribution in [1.29, 1.82) is 0 Å². The van der Waals surface area contributed by atoms with E-state index in [0.29, 0.717) is 29.0 Å². The van der Waals surface area contributed by atoms with Gasteiger partial charge in [0, 0.05) is 48.7 Å². The monoisotopic (exact) mass is 629 g/mol. The molecule has 2 fully saturated rings. The number of fused-ring (bicyclic) bond motifs is 1. The first kappa shape index (κ1) is 30.3. The van der Waals surface area contributed by atoms with Crippen molar-refractivity contribution < 1.29 is 26.3 Å². The number of ether oxygens (including phenoxy) is 1. The molecule has 0 aliphatic carbocycles. The van der Waals surface area contributed by atoms with Crippen molar-refractivity contribution in [1.82, 2.24) is 29.1 Å². The van der Waals surface area contributed by atoms with Gasteiger partial charge >= 0.3 is 6.36 Å². The first-order valence-corrected chi connectivity index (χ1v) is 16.1. The van der Waals surface area contributed by atoms with Gasteiger partial charge in [-0.1, -0.05) is 0 Å². The van der Waals surface area contributed by atoms with E-state index in [1.165, 1.54) is 18.3 Å². The van der Waals surface area contributed by atoms with E-state index in [1.807, 2.05) is 0 Å². The van der Waals surface area contributed by atoms with Gasteiger partial charge in [0.1, 0.15) is 11.6 Å². The fourth-order valence-corrected chi connectivity index (χ4v) is 7.54. The Morgan fingerprint density at radius 1 is 1.02 bits per heavy atom. The summed E-state index contributed by atoms with van der Waals surface area (Å²) < 4.78 is 73.4. The summed E-state index contributed by atoms with van der Waals surface area (Å²) in [5.74, 6) is 0.336. The fourth-order valence-electron chi connectivity index (χ4n) is 5.86. The maximum Gasteiger partial charge on any atom is 0.573 e. The Labute approximate surface area is 253 Å². The number of hydrogen-bond acceptors (Lipinski definition) is 8. The van der Waals surface area contributed by atoms with Gasteiger partial charge < -0.3 is 24.8 Å². The molecule has 234 valence electrons. The van der Waals surface area contributed by atoms with Crippen molar-refractivity contribution in [2.45, 2.75) is 43.0 Å². The van der Waals surface area contributed by atoms with E-state index in [-0.39, 0.29) is 22.6 Å². The van der Waals surface area contributed by atoms with Gasteiger partial charge in [0.25, 0.3) is 0 Å². The summed E-state index contributed by atoms with van der Waals surface area (Å²) in [4.78, 5) is 11.4. The lowest BCUT2D eigenvalue weighted by molar-refractivity contribution is -0.274. The quantitative estimate of drug-likeness (QED) is 0.255. The van der Waals surface area contributed by atoms with E-state index in [1.54, 1.807) is 57.5 Å². The van der Waals surface area contributed by atoms with Crippen LogP contribution in [-0.2, 0) is 10.0 Å². The maximum atomic E-state index is 13.9. The molecule has 14 heteroatoms. The van der Waals surface area contributed by atoms with Crippen LogP contribution in [0, 0.1) is 0 Å². The van der Waals surface area contributed by atoms with Crippen LogP contribution in [0.4, 0.5) is 24.8 Å². The SMILES string of the molecule is O=S(=O)(c1ccc(Nc2nccc(-n3ccc4ccc(OC(F)(F)F)cc43)n2)cc1)N(CCN1CCCC1)C1CCNCC1. The van der Waals surface area contributed by atoms with Gasteiger partial charge in [-0.15, -0.1) is 13.2 Å². The highest BCUT2D eigenvalue weighted by molar-refractivity contribution is 7.89. The third-order valence-corrected chi connectivity index (χ3v) is 10.0. The lowest BCUT2D eigenvalue weighted by atomic mass is 10.1. The Hall–Kier alpha value is -3.72. The molecule has 10 nitrogen and oxygen atoms in total. The van der Waals surface area contributed by atoms with Crippen LogP contribution < -0.4 is 15.4 Å². The van der Waals surface area contributed by atoms with Crippen molar-refractivity contribution in [2.24, 2.45) is 0 Å². The molecule has 0 atom stereocenters. The van der Waals surface area contributed by atoms with E-state index in [4.69, 9.17) is 0 Å². The van der Waals surface area contributed by atoms with Gasteiger partial charge in [0.15, 0.2) is 0 Å². The largest absolute Gasteiger partial charge is 0.573 e. The molecule has 2 N–H and O–H groups in total. The molecular weight excluding hydrogens is 595 g/mol. The summed E-state index contributed by atoms with van der Waals surface area (Å²) in [7, 11) is -3.72. The molecule has 0 bridgehead atoms. The summed E-state index contributed by atoms with van der Waals surface area (Å²) in [6.45, 7) is 4.80. The molecule has 0 unspecified atom stereocenters. The highest BCUT2D eigenvalue weighted by Crippen LogP contribution is 2.29. The number of sulfonamides is 1. The smallest absolute Gasteiger partial charge is 0.406 e. The van der Waals surface area contributed by atoms with E-state index in [9.17, 15) is 21.6 Å². The molecule has 2 saturated heterocycles. The van der Waals surface area contributed by atoms with Crippen molar-refractivity contribution in [2.75, 3.05) is 44.6 Å². The number of piperidine rings is 1. The molecule has 0 radical (unpaired) electrons. The standard InChI is InChI=1S/C30H34F3N7O3S/c31-30(32,33)43-25-6-3-22-12-18-39(27(22)21-25)28-11-15-35-29(37-28)36-23-4-7-26(8-5-23)44(41,42)40(24-9-13-34-14-10-24)20-19-38-16-1-2-17-38/h3-8,11-12,15,18,21,24,34H,1-2,9-10,13-14,16-17,19-20H2,(H,35,36,37). The van der Waals surface area contributed by atoms with Crippen LogP contribution in [0.2, 0.25) is 0 Å². The van der Waals surface area contributed by atoms with Gasteiger partial charge in [0.05, 0.1) is 10.4 Å². The van der Waals surface area contributed by atoms with E-state index in [2.05, 4.69) is 30.2 Å². The third-order valence-electron chi connectivity index (χ3n) is 8.05. The predicted molar refractivity (Wildman–Crippen MR) is 161 cm³/mol. The van der Waals surface area contributed by atoms with Crippen LogP contribution in [0.1, 0.15) is 25.7 Å². The molecule has 4 aromatic rings. The molecule has 2 aliphatic rings. The van der Waals surface area contributed by atoms with Crippen LogP contribution in [0.15, 0.2) is 71.9 Å². The second-order valence-electron chi connectivity index (χ2n) is 11.0. The first-order valence-electron chi connectivity index (χ1n) is 14.7. The van der Waals surface area contributed by atoms with Gasteiger partial charge in [-0.3, -0.25) is 0 Å². The number of aromatic nitrogens is 3. The highest BCUT2D eigenvalue weighted by atomic mass is 32.2. The highest BCUT2D eigenvalue weighted by Gasteiger charge is 2.33. The van der Waals surface area contributed by atoms with Crippen molar-refractivity contribution >= 4 is 32.6 Å². The number of halogens is 3. The number of nitrogens with zero attached hydrogens (tertiary/aromatic N) is 5. The van der Waals surface area contributed by atoms with Crippen LogP contribution in [0.5, 0.6) is 5.75 Å². The average Bonchev–Trinajstić information content (AvgIpc) is 3.67. The second-order valence-corrected chi connectivity index (χ2v) is 12.9. The first-order chi connectivity index (χ1) is 21.2. The molecule has 6 rings (SSSR count). The Balaban J connectivity index is 1.19. The number of rotatable bonds is 10. The molecule has 2 aliphatic heterocycles. The van der Waals surface area contributed by atoms with Crippen LogP contribution in [-0.4, -0.2) is 83.8 Å². The van der Waals surface area contributed by atoms with Gasteiger partial charge in [-0.2, -0.15) is 9.29 Å². The topological polar surface area (TPSA) is 105 Å². The van der Waals surface area contributed by atoms with Crippen LogP contribution in [0.3, 0.4) is 0 Å². The number of likely N-dealkylation sites (tertiary alicyclic amines) is 1. The second kappa shape index (κ2) is 12.7. The zero-order chi connectivity index (χ0) is 30.7. The molecule has 0 spiro atoms. The minimum Gasteiger partial charge on any atom is -0.406 e. The van der Waals surface area contributed by atoms with Crippen molar-refractivity contribution in [3.63, 3.8) is 0 Å². The summed E-state index contributed by atoms with van der Waals surface area (Å²) in [5.41, 5.74) is 1.07. The molecule has 0 amide bonds. The lowest BCUT2D eigenvalue weighted by Crippen LogP contribution is -2.48. The summed E-state index contributed by atoms with van der Waals surface area (Å²) in [6.07, 6.45) is 2.29. The zero-order valence-corrected chi connectivity index (χ0v) is 24.8. The molecular formula is C30H34F3N7O3S. The molecule has 0 saturated carbocycles. The normalized spacial score (nSPS) is 17.0. The minimum absolute atomic E-state index is 0.0429. The summed E-state index contributed by atoms with van der Waals surface area (Å²) in [5, 5.41) is 7.13. The zero-order valence-electron chi connectivity index (χ0n) is 24.0. The number of anilines is 2. The lowest BCUT2D eigenvalue weighted by Gasteiger charge is -2.34. The average molecular weight is 630 g/mol.